The number of morpholine rings is 1. The number of carbonyl (C=O) groups is 1. The van der Waals surface area contributed by atoms with E-state index >= 15 is 0 Å². The first-order valence-electron chi connectivity index (χ1n) is 4.67. The molecule has 1 aromatic carbocycles. The maximum atomic E-state index is 11.4. The van der Waals surface area contributed by atoms with E-state index in [1.165, 1.54) is 0 Å². The molecule has 3 heteroatoms. The number of hydrogen-bond donors (Lipinski definition) is 0. The first kappa shape index (κ1) is 9.21. The molecule has 1 saturated heterocycles. The van der Waals surface area contributed by atoms with Gasteiger partial charge in [-0.25, -0.2) is 0 Å². The molecular formula is C11H12NO2. The third-order valence-corrected chi connectivity index (χ3v) is 2.24. The Morgan fingerprint density at radius 2 is 2.21 bits per heavy atom. The van der Waals surface area contributed by atoms with Crippen molar-refractivity contribution in [1.29, 1.82) is 0 Å². The fraction of sp³-hybridized carbons (Fsp3) is 0.364. The Labute approximate surface area is 83.3 Å². The summed E-state index contributed by atoms with van der Waals surface area (Å²) in [6.07, 6.45) is 0. The Hall–Kier alpha value is -1.35. The molecular weight excluding hydrogens is 178 g/mol. The number of hydrogen-bond acceptors (Lipinski definition) is 2. The standard InChI is InChI=1S/C11H12NO2/c13-11-9-14-7-6-12(11)8-10-4-2-1-3-5-10/h2-5H,6-9H2. The van der Waals surface area contributed by atoms with Crippen LogP contribution < -0.4 is 0 Å². The van der Waals surface area contributed by atoms with E-state index in [0.717, 1.165) is 5.56 Å². The van der Waals surface area contributed by atoms with Gasteiger partial charge in [-0.05, 0) is 11.6 Å². The molecule has 0 spiro atoms. The second kappa shape index (κ2) is 4.24. The van der Waals surface area contributed by atoms with E-state index in [9.17, 15) is 4.79 Å². The lowest BCUT2D eigenvalue weighted by Gasteiger charge is -2.26. The summed E-state index contributed by atoms with van der Waals surface area (Å²) in [6, 6.07) is 10.6. The largest absolute Gasteiger partial charge is 0.370 e. The van der Waals surface area contributed by atoms with Gasteiger partial charge in [0.05, 0.1) is 6.61 Å². The molecule has 1 amide bonds. The predicted octanol–water partition coefficient (Wildman–Crippen LogP) is 0.846. The number of nitrogens with zero attached hydrogens (tertiary/aromatic N) is 1. The number of rotatable bonds is 2. The van der Waals surface area contributed by atoms with Crippen molar-refractivity contribution in [2.45, 2.75) is 6.54 Å². The van der Waals surface area contributed by atoms with Crippen LogP contribution in [0.2, 0.25) is 0 Å². The van der Waals surface area contributed by atoms with E-state index in [1.807, 2.05) is 29.2 Å². The second-order valence-corrected chi connectivity index (χ2v) is 3.28. The van der Waals surface area contributed by atoms with Gasteiger partial charge in [0.1, 0.15) is 6.61 Å². The average Bonchev–Trinajstić information content (AvgIpc) is 2.23. The fourth-order valence-electron chi connectivity index (χ4n) is 1.46. The van der Waals surface area contributed by atoms with Crippen molar-refractivity contribution in [3.63, 3.8) is 0 Å². The predicted molar refractivity (Wildman–Crippen MR) is 51.5 cm³/mol. The molecule has 1 aliphatic heterocycles. The smallest absolute Gasteiger partial charge is 0.248 e. The van der Waals surface area contributed by atoms with E-state index in [4.69, 9.17) is 4.74 Å². The summed E-state index contributed by atoms with van der Waals surface area (Å²) in [5.41, 5.74) is 1.14. The zero-order valence-corrected chi connectivity index (χ0v) is 7.90. The molecule has 3 nitrogen and oxygen atoms in total. The number of ether oxygens (including phenoxy) is 1. The van der Waals surface area contributed by atoms with Crippen molar-refractivity contribution < 1.29 is 9.53 Å². The minimum absolute atomic E-state index is 0.0732. The molecule has 1 aromatic rings. The van der Waals surface area contributed by atoms with Gasteiger partial charge >= 0.3 is 0 Å². The van der Waals surface area contributed by atoms with Crippen LogP contribution in [0, 0.1) is 6.07 Å². The van der Waals surface area contributed by atoms with E-state index in [1.54, 1.807) is 0 Å². The number of benzene rings is 1. The summed E-state index contributed by atoms with van der Waals surface area (Å²) >= 11 is 0. The van der Waals surface area contributed by atoms with Crippen molar-refractivity contribution >= 4 is 5.91 Å². The van der Waals surface area contributed by atoms with Crippen LogP contribution in [-0.4, -0.2) is 30.6 Å². The summed E-state index contributed by atoms with van der Waals surface area (Å²) in [6.45, 7) is 2.23. The molecule has 73 valence electrons. The molecule has 0 aliphatic carbocycles. The van der Waals surface area contributed by atoms with E-state index < -0.39 is 0 Å². The highest BCUT2D eigenvalue weighted by Gasteiger charge is 2.17. The molecule has 0 atom stereocenters. The molecule has 1 heterocycles. The maximum absolute atomic E-state index is 11.4. The molecule has 2 rings (SSSR count). The molecule has 1 aliphatic rings. The highest BCUT2D eigenvalue weighted by molar-refractivity contribution is 5.77. The molecule has 1 fully saturated rings. The Morgan fingerprint density at radius 1 is 1.43 bits per heavy atom. The second-order valence-electron chi connectivity index (χ2n) is 3.28. The van der Waals surface area contributed by atoms with Crippen LogP contribution in [0.1, 0.15) is 5.56 Å². The van der Waals surface area contributed by atoms with Crippen LogP contribution in [-0.2, 0) is 16.1 Å². The average molecular weight is 190 g/mol. The van der Waals surface area contributed by atoms with Gasteiger partial charge in [0.15, 0.2) is 0 Å². The van der Waals surface area contributed by atoms with Crippen LogP contribution >= 0.6 is 0 Å². The highest BCUT2D eigenvalue weighted by atomic mass is 16.5. The topological polar surface area (TPSA) is 29.5 Å². The first-order valence-corrected chi connectivity index (χ1v) is 4.67. The fourth-order valence-corrected chi connectivity index (χ4v) is 1.46. The van der Waals surface area contributed by atoms with Crippen LogP contribution in [0.3, 0.4) is 0 Å². The van der Waals surface area contributed by atoms with E-state index in [-0.39, 0.29) is 12.5 Å². The molecule has 0 N–H and O–H groups in total. The zero-order valence-electron chi connectivity index (χ0n) is 7.90. The van der Waals surface area contributed by atoms with Gasteiger partial charge < -0.3 is 9.64 Å². The molecule has 0 unspecified atom stereocenters. The van der Waals surface area contributed by atoms with Gasteiger partial charge in [-0.15, -0.1) is 0 Å². The van der Waals surface area contributed by atoms with Gasteiger partial charge in [0, 0.05) is 13.1 Å². The van der Waals surface area contributed by atoms with Gasteiger partial charge in [0.2, 0.25) is 5.91 Å². The van der Waals surface area contributed by atoms with Crippen LogP contribution in [0.4, 0.5) is 0 Å². The van der Waals surface area contributed by atoms with Crippen molar-refractivity contribution in [1.82, 2.24) is 4.90 Å². The Bertz CT molecular complexity index is 310. The normalized spacial score (nSPS) is 17.1. The third kappa shape index (κ3) is 2.12. The minimum atomic E-state index is 0.0732. The van der Waals surface area contributed by atoms with Crippen LogP contribution in [0.15, 0.2) is 24.3 Å². The van der Waals surface area contributed by atoms with Gasteiger partial charge in [-0.2, -0.15) is 0 Å². The Morgan fingerprint density at radius 3 is 2.93 bits per heavy atom. The van der Waals surface area contributed by atoms with Gasteiger partial charge in [-0.1, -0.05) is 24.3 Å². The number of carbonyl (C=O) groups excluding carboxylic acids is 1. The minimum Gasteiger partial charge on any atom is -0.370 e. The van der Waals surface area contributed by atoms with Gasteiger partial charge in [-0.3, -0.25) is 4.79 Å². The van der Waals surface area contributed by atoms with Gasteiger partial charge in [0.25, 0.3) is 0 Å². The summed E-state index contributed by atoms with van der Waals surface area (Å²) in [5.74, 6) is 0.0732. The monoisotopic (exact) mass is 190 g/mol. The molecule has 1 radical (unpaired) electrons. The lowest BCUT2D eigenvalue weighted by Crippen LogP contribution is -2.40. The first-order chi connectivity index (χ1) is 6.86. The van der Waals surface area contributed by atoms with Crippen molar-refractivity contribution in [2.24, 2.45) is 0 Å². The summed E-state index contributed by atoms with van der Waals surface area (Å²) in [5, 5.41) is 0. The Kier molecular flexibility index (Phi) is 2.79. The molecule has 14 heavy (non-hydrogen) atoms. The van der Waals surface area contributed by atoms with E-state index in [0.29, 0.717) is 19.7 Å². The third-order valence-electron chi connectivity index (χ3n) is 2.24. The van der Waals surface area contributed by atoms with Crippen molar-refractivity contribution in [3.05, 3.63) is 35.9 Å². The maximum Gasteiger partial charge on any atom is 0.248 e. The highest BCUT2D eigenvalue weighted by Crippen LogP contribution is 2.06. The summed E-state index contributed by atoms with van der Waals surface area (Å²) < 4.78 is 5.05. The van der Waals surface area contributed by atoms with Crippen molar-refractivity contribution in [3.8, 4) is 0 Å². The molecule has 0 saturated carbocycles. The SMILES string of the molecule is O=C1COCCN1Cc1cc[c]cc1. The lowest BCUT2D eigenvalue weighted by atomic mass is 10.2. The van der Waals surface area contributed by atoms with Crippen LogP contribution in [0.5, 0.6) is 0 Å². The van der Waals surface area contributed by atoms with Crippen molar-refractivity contribution in [2.75, 3.05) is 19.8 Å². The Balaban J connectivity index is 2.00. The number of amides is 1. The summed E-state index contributed by atoms with van der Waals surface area (Å²) in [4.78, 5) is 13.2. The quantitative estimate of drug-likeness (QED) is 0.691. The molecule has 0 aromatic heterocycles. The lowest BCUT2D eigenvalue weighted by molar-refractivity contribution is -0.143. The molecule has 0 bridgehead atoms. The van der Waals surface area contributed by atoms with Crippen LogP contribution in [0.25, 0.3) is 0 Å². The zero-order chi connectivity index (χ0) is 9.80. The summed E-state index contributed by atoms with van der Waals surface area (Å²) in [7, 11) is 0. The van der Waals surface area contributed by atoms with E-state index in [2.05, 4.69) is 6.07 Å².